The molecule has 2 aromatic carbocycles. The summed E-state index contributed by atoms with van der Waals surface area (Å²) in [6.45, 7) is 5.78. The third-order valence-corrected chi connectivity index (χ3v) is 4.56. The molecule has 2 N–H and O–H groups in total. The zero-order valence-electron chi connectivity index (χ0n) is 15.8. The average Bonchev–Trinajstić information content (AvgIpc) is 2.66. The molecule has 0 spiro atoms. The highest BCUT2D eigenvalue weighted by molar-refractivity contribution is 6.30. The average molecular weight is 394 g/mol. The number of aryl methyl sites for hydroxylation is 3. The zero-order chi connectivity index (χ0) is 20.3. The molecule has 3 rings (SSSR count). The van der Waals surface area contributed by atoms with E-state index in [-0.39, 0.29) is 11.6 Å². The van der Waals surface area contributed by atoms with Crippen molar-refractivity contribution in [2.75, 3.05) is 10.6 Å². The van der Waals surface area contributed by atoms with Crippen LogP contribution < -0.4 is 10.6 Å². The second-order valence-electron chi connectivity index (χ2n) is 6.62. The number of aromatic nitrogens is 1. The predicted molar refractivity (Wildman–Crippen MR) is 112 cm³/mol. The van der Waals surface area contributed by atoms with Crippen molar-refractivity contribution < 1.29 is 9.59 Å². The lowest BCUT2D eigenvalue weighted by atomic mass is 10.1. The second kappa shape index (κ2) is 8.23. The number of carbonyl (C=O) groups is 2. The van der Waals surface area contributed by atoms with Gasteiger partial charge in [-0.3, -0.25) is 14.6 Å². The molecule has 0 saturated carbocycles. The minimum Gasteiger partial charge on any atom is -0.322 e. The summed E-state index contributed by atoms with van der Waals surface area (Å²) in [5.41, 5.74) is 4.81. The van der Waals surface area contributed by atoms with Crippen LogP contribution in [0, 0.1) is 20.8 Å². The molecule has 0 unspecified atom stereocenters. The number of pyridine rings is 1. The zero-order valence-corrected chi connectivity index (χ0v) is 16.6. The molecule has 0 atom stereocenters. The molecule has 0 bridgehead atoms. The minimum absolute atomic E-state index is 0.155. The molecule has 2 amide bonds. The quantitative estimate of drug-likeness (QED) is 0.642. The largest absolute Gasteiger partial charge is 0.322 e. The van der Waals surface area contributed by atoms with Crippen molar-refractivity contribution in [3.63, 3.8) is 0 Å². The van der Waals surface area contributed by atoms with E-state index < -0.39 is 5.91 Å². The van der Waals surface area contributed by atoms with Crippen LogP contribution in [0.5, 0.6) is 0 Å². The predicted octanol–water partition coefficient (Wildman–Crippen LogP) is 5.16. The summed E-state index contributed by atoms with van der Waals surface area (Å²) in [6.07, 6.45) is 1.44. The highest BCUT2D eigenvalue weighted by atomic mass is 35.5. The Morgan fingerprint density at radius 3 is 2.14 bits per heavy atom. The van der Waals surface area contributed by atoms with Gasteiger partial charge in [0.15, 0.2) is 0 Å². The summed E-state index contributed by atoms with van der Waals surface area (Å²) in [6, 6.07) is 14.0. The van der Waals surface area contributed by atoms with E-state index in [9.17, 15) is 9.59 Å². The summed E-state index contributed by atoms with van der Waals surface area (Å²) in [7, 11) is 0. The Labute approximate surface area is 168 Å². The monoisotopic (exact) mass is 393 g/mol. The van der Waals surface area contributed by atoms with Crippen molar-refractivity contribution in [1.82, 2.24) is 4.98 Å². The van der Waals surface area contributed by atoms with E-state index in [0.717, 1.165) is 22.4 Å². The molecular formula is C22H20ClN3O2. The summed E-state index contributed by atoms with van der Waals surface area (Å²) in [5.74, 6) is -0.697. The maximum absolute atomic E-state index is 12.6. The van der Waals surface area contributed by atoms with Gasteiger partial charge in [-0.1, -0.05) is 29.3 Å². The lowest BCUT2D eigenvalue weighted by molar-refractivity contribution is 0.102. The highest BCUT2D eigenvalue weighted by Gasteiger charge is 2.14. The third kappa shape index (κ3) is 4.56. The molecule has 0 aliphatic carbocycles. The van der Waals surface area contributed by atoms with Crippen LogP contribution in [-0.2, 0) is 0 Å². The fraction of sp³-hybridized carbons (Fsp3) is 0.136. The lowest BCUT2D eigenvalue weighted by Crippen LogP contribution is -2.17. The number of benzene rings is 2. The highest BCUT2D eigenvalue weighted by Crippen LogP contribution is 2.21. The topological polar surface area (TPSA) is 71.1 Å². The van der Waals surface area contributed by atoms with Gasteiger partial charge in [0.2, 0.25) is 0 Å². The van der Waals surface area contributed by atoms with E-state index in [2.05, 4.69) is 15.6 Å². The summed E-state index contributed by atoms with van der Waals surface area (Å²) >= 11 is 5.94. The number of hydrogen-bond acceptors (Lipinski definition) is 3. The first-order valence-corrected chi connectivity index (χ1v) is 9.13. The van der Waals surface area contributed by atoms with Crippen molar-refractivity contribution in [3.05, 3.63) is 87.7 Å². The number of rotatable bonds is 4. The Morgan fingerprint density at radius 2 is 1.46 bits per heavy atom. The standard InChI is InChI=1S/C22H20ClN3O2/c1-13-4-6-18(14(2)10-13)25-21(27)16-8-9-24-20(12-16)22(28)26-19-7-5-17(23)11-15(19)3/h4-12H,1-3H3,(H,25,27)(H,26,28). The number of amides is 2. The van der Waals surface area contributed by atoms with Crippen molar-refractivity contribution in [1.29, 1.82) is 0 Å². The van der Waals surface area contributed by atoms with Gasteiger partial charge < -0.3 is 10.6 Å². The first kappa shape index (κ1) is 19.6. The van der Waals surface area contributed by atoms with Crippen LogP contribution in [0.2, 0.25) is 5.02 Å². The molecule has 28 heavy (non-hydrogen) atoms. The number of anilines is 2. The molecule has 1 heterocycles. The van der Waals surface area contributed by atoms with E-state index in [1.807, 2.05) is 39.0 Å². The number of hydrogen-bond donors (Lipinski definition) is 2. The first-order valence-electron chi connectivity index (χ1n) is 8.75. The smallest absolute Gasteiger partial charge is 0.274 e. The Bertz CT molecular complexity index is 983. The number of halogens is 1. The Kier molecular flexibility index (Phi) is 5.76. The third-order valence-electron chi connectivity index (χ3n) is 4.32. The molecule has 1 aromatic heterocycles. The van der Waals surface area contributed by atoms with Crippen molar-refractivity contribution >= 4 is 34.8 Å². The second-order valence-corrected chi connectivity index (χ2v) is 7.05. The Hall–Kier alpha value is -3.18. The summed E-state index contributed by atoms with van der Waals surface area (Å²) < 4.78 is 0. The maximum atomic E-state index is 12.6. The van der Waals surface area contributed by atoms with E-state index >= 15 is 0 Å². The lowest BCUT2D eigenvalue weighted by Gasteiger charge is -2.11. The van der Waals surface area contributed by atoms with Gasteiger partial charge in [-0.2, -0.15) is 0 Å². The molecule has 0 saturated heterocycles. The SMILES string of the molecule is Cc1ccc(NC(=O)c2ccnc(C(=O)Nc3ccc(Cl)cc3C)c2)c(C)c1. The molecular weight excluding hydrogens is 374 g/mol. The van der Waals surface area contributed by atoms with Crippen molar-refractivity contribution in [2.45, 2.75) is 20.8 Å². The van der Waals surface area contributed by atoms with Crippen molar-refractivity contribution in [3.8, 4) is 0 Å². The van der Waals surface area contributed by atoms with E-state index in [1.54, 1.807) is 24.3 Å². The summed E-state index contributed by atoms with van der Waals surface area (Å²) in [5, 5.41) is 6.26. The number of nitrogens with zero attached hydrogens (tertiary/aromatic N) is 1. The van der Waals surface area contributed by atoms with E-state index in [1.165, 1.54) is 12.3 Å². The fourth-order valence-electron chi connectivity index (χ4n) is 2.80. The van der Waals surface area contributed by atoms with Crippen LogP contribution in [0.1, 0.15) is 37.5 Å². The van der Waals surface area contributed by atoms with E-state index in [0.29, 0.717) is 16.3 Å². The maximum Gasteiger partial charge on any atom is 0.274 e. The first-order chi connectivity index (χ1) is 13.3. The number of nitrogens with one attached hydrogen (secondary N) is 2. The Balaban J connectivity index is 1.77. The molecule has 0 radical (unpaired) electrons. The molecule has 5 nitrogen and oxygen atoms in total. The molecule has 0 aliphatic rings. The van der Waals surface area contributed by atoms with Gasteiger partial charge in [-0.15, -0.1) is 0 Å². The fourth-order valence-corrected chi connectivity index (χ4v) is 3.02. The van der Waals surface area contributed by atoms with Crippen LogP contribution in [-0.4, -0.2) is 16.8 Å². The van der Waals surface area contributed by atoms with Crippen LogP contribution in [0.4, 0.5) is 11.4 Å². The van der Waals surface area contributed by atoms with Crippen LogP contribution in [0.15, 0.2) is 54.7 Å². The molecule has 6 heteroatoms. The van der Waals surface area contributed by atoms with Gasteiger partial charge in [-0.25, -0.2) is 0 Å². The van der Waals surface area contributed by atoms with Gasteiger partial charge in [-0.05, 0) is 68.3 Å². The molecule has 0 aliphatic heterocycles. The van der Waals surface area contributed by atoms with Crippen LogP contribution in [0.25, 0.3) is 0 Å². The Morgan fingerprint density at radius 1 is 0.821 bits per heavy atom. The van der Waals surface area contributed by atoms with Gasteiger partial charge >= 0.3 is 0 Å². The molecule has 0 fully saturated rings. The van der Waals surface area contributed by atoms with Crippen LogP contribution >= 0.6 is 11.6 Å². The molecule has 142 valence electrons. The van der Waals surface area contributed by atoms with Gasteiger partial charge in [0.1, 0.15) is 5.69 Å². The summed E-state index contributed by atoms with van der Waals surface area (Å²) in [4.78, 5) is 29.2. The van der Waals surface area contributed by atoms with Gasteiger partial charge in [0.25, 0.3) is 11.8 Å². The van der Waals surface area contributed by atoms with E-state index in [4.69, 9.17) is 11.6 Å². The van der Waals surface area contributed by atoms with Gasteiger partial charge in [0.05, 0.1) is 0 Å². The molecule has 3 aromatic rings. The van der Waals surface area contributed by atoms with Crippen LogP contribution in [0.3, 0.4) is 0 Å². The van der Waals surface area contributed by atoms with Gasteiger partial charge in [0, 0.05) is 28.2 Å². The van der Waals surface area contributed by atoms with Crippen molar-refractivity contribution in [2.24, 2.45) is 0 Å². The normalized spacial score (nSPS) is 10.4. The minimum atomic E-state index is -0.397. The number of carbonyl (C=O) groups excluding carboxylic acids is 2.